The van der Waals surface area contributed by atoms with Crippen LogP contribution in [0.4, 0.5) is 0 Å². The summed E-state index contributed by atoms with van der Waals surface area (Å²) in [6, 6.07) is 0. The molecule has 0 rings (SSSR count). The molecule has 0 spiro atoms. The van der Waals surface area contributed by atoms with Crippen molar-refractivity contribution in [3.8, 4) is 0 Å². The first-order valence-corrected chi connectivity index (χ1v) is 10.8. The fraction of sp³-hybridized carbons (Fsp3) is 0.750. The van der Waals surface area contributed by atoms with Crippen LogP contribution in [-0.4, -0.2) is 18.3 Å². The molecular weight excluding hydrogens is 320 g/mol. The Balaban J connectivity index is 0. The van der Waals surface area contributed by atoms with E-state index in [0.717, 1.165) is 6.61 Å². The molecule has 0 saturated carbocycles. The maximum absolute atomic E-state index is 7.96. The molecule has 0 aliphatic rings. The fourth-order valence-corrected chi connectivity index (χ4v) is 2.59. The summed E-state index contributed by atoms with van der Waals surface area (Å²) in [4.78, 5) is 0. The Labute approximate surface area is 164 Å². The van der Waals surface area contributed by atoms with Crippen LogP contribution in [0.25, 0.3) is 0 Å². The lowest BCUT2D eigenvalue weighted by molar-refractivity contribution is 0.241. The second-order valence-electron chi connectivity index (χ2n) is 6.72. The third kappa shape index (κ3) is 30.8. The van der Waals surface area contributed by atoms with E-state index >= 15 is 0 Å². The summed E-state index contributed by atoms with van der Waals surface area (Å²) in [5, 5.41) is 7.96. The molecule has 0 fully saturated rings. The molecule has 0 saturated heterocycles. The van der Waals surface area contributed by atoms with E-state index in [0.29, 0.717) is 6.42 Å². The van der Waals surface area contributed by atoms with Crippen molar-refractivity contribution >= 4 is 0 Å². The molecule has 0 heterocycles. The summed E-state index contributed by atoms with van der Waals surface area (Å²) >= 11 is 0. The summed E-state index contributed by atoms with van der Waals surface area (Å²) in [6.45, 7) is 11.7. The second-order valence-corrected chi connectivity index (χ2v) is 6.72. The van der Waals surface area contributed by atoms with Crippen LogP contribution in [0.15, 0.2) is 31.1 Å². The van der Waals surface area contributed by atoms with Crippen LogP contribution in [0, 0.1) is 6.58 Å². The fourth-order valence-electron chi connectivity index (χ4n) is 2.59. The molecule has 0 aromatic heterocycles. The molecule has 1 radical (unpaired) electrons. The van der Waals surface area contributed by atoms with Gasteiger partial charge in [-0.15, -0.1) is 0 Å². The number of unbranched alkanes of at least 4 members (excludes halogenated alkanes) is 12. The SMILES string of the molecule is C=COCCCCCCCC/C=C\CCCCCCCC.[CH]=CCCO. The van der Waals surface area contributed by atoms with Gasteiger partial charge in [0.05, 0.1) is 12.9 Å². The largest absolute Gasteiger partial charge is 0.502 e. The van der Waals surface area contributed by atoms with E-state index in [1.54, 1.807) is 0 Å². The lowest BCUT2D eigenvalue weighted by atomic mass is 10.1. The molecule has 26 heavy (non-hydrogen) atoms. The molecule has 0 aliphatic heterocycles. The third-order valence-electron chi connectivity index (χ3n) is 4.19. The van der Waals surface area contributed by atoms with Gasteiger partial charge < -0.3 is 9.84 Å². The van der Waals surface area contributed by atoms with Crippen molar-refractivity contribution in [2.45, 2.75) is 103 Å². The van der Waals surface area contributed by atoms with E-state index in [2.05, 4.69) is 25.7 Å². The zero-order chi connectivity index (χ0) is 19.6. The minimum atomic E-state index is 0.163. The Morgan fingerprint density at radius 1 is 0.769 bits per heavy atom. The molecular formula is C24H45O2. The highest BCUT2D eigenvalue weighted by Gasteiger charge is 1.91. The monoisotopic (exact) mass is 365 g/mol. The van der Waals surface area contributed by atoms with Crippen LogP contribution < -0.4 is 0 Å². The Morgan fingerprint density at radius 2 is 1.27 bits per heavy atom. The van der Waals surface area contributed by atoms with Crippen LogP contribution in [0.5, 0.6) is 0 Å². The Bertz CT molecular complexity index is 284. The number of hydrogen-bond donors (Lipinski definition) is 1. The van der Waals surface area contributed by atoms with Crippen molar-refractivity contribution < 1.29 is 9.84 Å². The molecule has 0 atom stereocenters. The van der Waals surface area contributed by atoms with Gasteiger partial charge in [0.1, 0.15) is 0 Å². The lowest BCUT2D eigenvalue weighted by Crippen LogP contribution is -1.87. The quantitative estimate of drug-likeness (QED) is 0.145. The number of aliphatic hydroxyl groups is 1. The first kappa shape index (κ1) is 27.2. The van der Waals surface area contributed by atoms with Gasteiger partial charge in [0.25, 0.3) is 0 Å². The summed E-state index contributed by atoms with van der Waals surface area (Å²) in [5.74, 6) is 0. The highest BCUT2D eigenvalue weighted by Crippen LogP contribution is 2.09. The van der Waals surface area contributed by atoms with Crippen LogP contribution in [-0.2, 0) is 4.74 Å². The Kier molecular flexibility index (Phi) is 30.1. The van der Waals surface area contributed by atoms with E-state index in [1.807, 2.05) is 0 Å². The maximum atomic E-state index is 7.96. The standard InChI is InChI=1S/C20H38O.C4H7O/c1-3-5-6-7-8-9-10-11-12-13-14-15-16-17-18-19-20-21-4-2;1-2-3-4-5/h4,11-12H,2-3,5-10,13-20H2,1H3;1-2,5H,3-4H2/b12-11-;. The van der Waals surface area contributed by atoms with Gasteiger partial charge in [0.2, 0.25) is 0 Å². The highest BCUT2D eigenvalue weighted by atomic mass is 16.5. The minimum absolute atomic E-state index is 0.163. The van der Waals surface area contributed by atoms with Crippen molar-refractivity contribution in [3.05, 3.63) is 37.6 Å². The average Bonchev–Trinajstić information content (AvgIpc) is 2.65. The summed E-state index contributed by atoms with van der Waals surface area (Å²) in [7, 11) is 0. The predicted octanol–water partition coefficient (Wildman–Crippen LogP) is 7.54. The number of allylic oxidation sites excluding steroid dienone is 2. The van der Waals surface area contributed by atoms with E-state index in [1.165, 1.54) is 102 Å². The first-order valence-electron chi connectivity index (χ1n) is 10.8. The normalized spacial score (nSPS) is 10.4. The van der Waals surface area contributed by atoms with Gasteiger partial charge in [-0.05, 0) is 38.5 Å². The van der Waals surface area contributed by atoms with Crippen molar-refractivity contribution in [1.82, 2.24) is 0 Å². The van der Waals surface area contributed by atoms with E-state index in [9.17, 15) is 0 Å². The molecule has 2 nitrogen and oxygen atoms in total. The molecule has 1 N–H and O–H groups in total. The first-order chi connectivity index (χ1) is 12.8. The van der Waals surface area contributed by atoms with E-state index in [4.69, 9.17) is 16.4 Å². The summed E-state index contributed by atoms with van der Waals surface area (Å²) < 4.78 is 5.11. The Morgan fingerprint density at radius 3 is 1.69 bits per heavy atom. The van der Waals surface area contributed by atoms with E-state index in [-0.39, 0.29) is 6.61 Å². The molecule has 0 aromatic carbocycles. The van der Waals surface area contributed by atoms with Gasteiger partial charge >= 0.3 is 0 Å². The van der Waals surface area contributed by atoms with E-state index < -0.39 is 0 Å². The van der Waals surface area contributed by atoms with Crippen LogP contribution >= 0.6 is 0 Å². The van der Waals surface area contributed by atoms with Gasteiger partial charge in [-0.1, -0.05) is 96.1 Å². The number of ether oxygens (including phenoxy) is 1. The van der Waals surface area contributed by atoms with Gasteiger partial charge in [-0.3, -0.25) is 0 Å². The van der Waals surface area contributed by atoms with Gasteiger partial charge in [-0.25, -0.2) is 0 Å². The molecule has 0 aliphatic carbocycles. The van der Waals surface area contributed by atoms with Gasteiger partial charge in [0.15, 0.2) is 0 Å². The molecule has 2 heteroatoms. The second kappa shape index (κ2) is 28.8. The molecule has 0 unspecified atom stereocenters. The molecule has 153 valence electrons. The maximum Gasteiger partial charge on any atom is 0.0873 e. The van der Waals surface area contributed by atoms with Crippen molar-refractivity contribution in [2.75, 3.05) is 13.2 Å². The van der Waals surface area contributed by atoms with Crippen molar-refractivity contribution in [2.24, 2.45) is 0 Å². The zero-order valence-corrected chi connectivity index (χ0v) is 17.5. The van der Waals surface area contributed by atoms with Crippen molar-refractivity contribution in [1.29, 1.82) is 0 Å². The van der Waals surface area contributed by atoms with Gasteiger partial charge in [-0.2, -0.15) is 0 Å². The van der Waals surface area contributed by atoms with Crippen LogP contribution in [0.3, 0.4) is 0 Å². The zero-order valence-electron chi connectivity index (χ0n) is 17.5. The van der Waals surface area contributed by atoms with Gasteiger partial charge in [0, 0.05) is 6.61 Å². The molecule has 0 amide bonds. The topological polar surface area (TPSA) is 29.5 Å². The van der Waals surface area contributed by atoms with Crippen LogP contribution in [0.2, 0.25) is 0 Å². The number of aliphatic hydroxyl groups excluding tert-OH is 1. The Hall–Kier alpha value is -1.02. The number of hydrogen-bond acceptors (Lipinski definition) is 2. The molecule has 0 bridgehead atoms. The average molecular weight is 366 g/mol. The molecule has 0 aromatic rings. The van der Waals surface area contributed by atoms with Crippen LogP contribution in [0.1, 0.15) is 103 Å². The minimum Gasteiger partial charge on any atom is -0.502 e. The summed E-state index contributed by atoms with van der Waals surface area (Å²) in [6.07, 6.45) is 27.3. The highest BCUT2D eigenvalue weighted by molar-refractivity contribution is 4.81. The lowest BCUT2D eigenvalue weighted by Gasteiger charge is -2.01. The summed E-state index contributed by atoms with van der Waals surface area (Å²) in [5.41, 5.74) is 0. The smallest absolute Gasteiger partial charge is 0.0873 e. The van der Waals surface area contributed by atoms with Crippen molar-refractivity contribution in [3.63, 3.8) is 0 Å². The predicted molar refractivity (Wildman–Crippen MR) is 116 cm³/mol. The third-order valence-corrected chi connectivity index (χ3v) is 4.19. The number of rotatable bonds is 19.